The summed E-state index contributed by atoms with van der Waals surface area (Å²) in [5, 5.41) is 0. The van der Waals surface area contributed by atoms with E-state index < -0.39 is 0 Å². The number of imidazole rings is 1. The quantitative estimate of drug-likeness (QED) is 0.680. The van der Waals surface area contributed by atoms with Crippen LogP contribution in [0, 0.1) is 6.92 Å². The lowest BCUT2D eigenvalue weighted by atomic mass is 10.2. The molecule has 0 saturated heterocycles. The van der Waals surface area contributed by atoms with Crippen molar-refractivity contribution in [1.82, 2.24) is 9.97 Å². The van der Waals surface area contributed by atoms with E-state index in [9.17, 15) is 0 Å². The first-order valence-corrected chi connectivity index (χ1v) is 3.83. The second kappa shape index (κ2) is 3.40. The molecule has 0 fully saturated rings. The van der Waals surface area contributed by atoms with Gasteiger partial charge in [-0.2, -0.15) is 0 Å². The van der Waals surface area contributed by atoms with E-state index >= 15 is 0 Å². The van der Waals surface area contributed by atoms with Gasteiger partial charge in [0.15, 0.2) is 0 Å². The van der Waals surface area contributed by atoms with Crippen molar-refractivity contribution in [2.75, 3.05) is 0 Å². The average molecular weight is 138 g/mol. The third-order valence-electron chi connectivity index (χ3n) is 1.71. The molecule has 2 heteroatoms. The number of nitrogens with one attached hydrogen (secondary N) is 1. The summed E-state index contributed by atoms with van der Waals surface area (Å²) in [6.45, 7) is 4.24. The monoisotopic (exact) mass is 138 g/mol. The van der Waals surface area contributed by atoms with E-state index in [0.717, 1.165) is 12.1 Å². The minimum absolute atomic E-state index is 1.14. The number of aromatic amines is 1. The molecule has 0 amide bonds. The largest absolute Gasteiger partial charge is 0.348 e. The number of unbranched alkanes of at least 4 members (excludes halogenated alkanes) is 1. The molecule has 1 aromatic heterocycles. The van der Waals surface area contributed by atoms with Crippen molar-refractivity contribution in [3.8, 4) is 0 Å². The molecule has 56 valence electrons. The Morgan fingerprint density at radius 2 is 2.40 bits per heavy atom. The summed E-state index contributed by atoms with van der Waals surface area (Å²) in [5.74, 6) is 0. The molecular formula is C8H14N2. The number of H-pyrrole nitrogens is 1. The second-order valence-electron chi connectivity index (χ2n) is 2.57. The highest BCUT2D eigenvalue weighted by molar-refractivity contribution is 5.08. The number of aryl methyl sites for hydroxylation is 2. The Bertz CT molecular complexity index is 191. The zero-order chi connectivity index (χ0) is 7.40. The van der Waals surface area contributed by atoms with Crippen LogP contribution in [-0.4, -0.2) is 9.97 Å². The SMILES string of the molecule is CCCCc1[nH]cnc1C. The molecule has 1 rings (SSSR count). The van der Waals surface area contributed by atoms with Gasteiger partial charge >= 0.3 is 0 Å². The van der Waals surface area contributed by atoms with Gasteiger partial charge in [0.25, 0.3) is 0 Å². The molecule has 1 N–H and O–H groups in total. The molecule has 0 bridgehead atoms. The molecule has 0 unspecified atom stereocenters. The van der Waals surface area contributed by atoms with Crippen molar-refractivity contribution >= 4 is 0 Å². The number of rotatable bonds is 3. The summed E-state index contributed by atoms with van der Waals surface area (Å²) in [6, 6.07) is 0. The van der Waals surface area contributed by atoms with Gasteiger partial charge in [0, 0.05) is 5.69 Å². The fourth-order valence-corrected chi connectivity index (χ4v) is 0.996. The summed E-state index contributed by atoms with van der Waals surface area (Å²) in [7, 11) is 0. The highest BCUT2D eigenvalue weighted by Gasteiger charge is 1.97. The fourth-order valence-electron chi connectivity index (χ4n) is 0.996. The van der Waals surface area contributed by atoms with Crippen LogP contribution in [0.15, 0.2) is 6.33 Å². The van der Waals surface area contributed by atoms with Gasteiger partial charge in [-0.15, -0.1) is 0 Å². The summed E-state index contributed by atoms with van der Waals surface area (Å²) in [4.78, 5) is 7.24. The second-order valence-corrected chi connectivity index (χ2v) is 2.57. The van der Waals surface area contributed by atoms with E-state index in [4.69, 9.17) is 0 Å². The van der Waals surface area contributed by atoms with Crippen LogP contribution in [0.5, 0.6) is 0 Å². The van der Waals surface area contributed by atoms with E-state index in [1.807, 2.05) is 6.92 Å². The maximum absolute atomic E-state index is 4.11. The third-order valence-corrected chi connectivity index (χ3v) is 1.71. The van der Waals surface area contributed by atoms with Crippen molar-refractivity contribution in [2.24, 2.45) is 0 Å². The number of aromatic nitrogens is 2. The zero-order valence-electron chi connectivity index (χ0n) is 6.65. The van der Waals surface area contributed by atoms with Gasteiger partial charge in [-0.3, -0.25) is 0 Å². The number of hydrogen-bond acceptors (Lipinski definition) is 1. The van der Waals surface area contributed by atoms with Crippen molar-refractivity contribution in [2.45, 2.75) is 33.1 Å². The maximum atomic E-state index is 4.11. The molecule has 0 radical (unpaired) electrons. The summed E-state index contributed by atoms with van der Waals surface area (Å²) in [6.07, 6.45) is 5.41. The first kappa shape index (κ1) is 7.32. The van der Waals surface area contributed by atoms with Gasteiger partial charge in [0.05, 0.1) is 12.0 Å². The summed E-state index contributed by atoms with van der Waals surface area (Å²) < 4.78 is 0. The fraction of sp³-hybridized carbons (Fsp3) is 0.625. The Balaban J connectivity index is 2.49. The van der Waals surface area contributed by atoms with Gasteiger partial charge in [-0.1, -0.05) is 13.3 Å². The van der Waals surface area contributed by atoms with Gasteiger partial charge in [-0.25, -0.2) is 4.98 Å². The Morgan fingerprint density at radius 1 is 1.60 bits per heavy atom. The molecule has 0 atom stereocenters. The molecule has 1 heterocycles. The number of hydrogen-bond donors (Lipinski definition) is 1. The normalized spacial score (nSPS) is 10.2. The van der Waals surface area contributed by atoms with E-state index in [1.165, 1.54) is 18.5 Å². The predicted octanol–water partition coefficient (Wildman–Crippen LogP) is 2.06. The lowest BCUT2D eigenvalue weighted by Gasteiger charge is -1.94. The molecule has 0 aliphatic heterocycles. The maximum Gasteiger partial charge on any atom is 0.0925 e. The predicted molar refractivity (Wildman–Crippen MR) is 41.9 cm³/mol. The van der Waals surface area contributed by atoms with E-state index in [1.54, 1.807) is 6.33 Å². The number of nitrogens with zero attached hydrogens (tertiary/aromatic N) is 1. The molecule has 0 aliphatic rings. The first-order valence-electron chi connectivity index (χ1n) is 3.83. The van der Waals surface area contributed by atoms with E-state index in [0.29, 0.717) is 0 Å². The highest BCUT2D eigenvalue weighted by Crippen LogP contribution is 2.04. The van der Waals surface area contributed by atoms with Crippen LogP contribution in [0.4, 0.5) is 0 Å². The molecule has 0 aliphatic carbocycles. The van der Waals surface area contributed by atoms with Crippen LogP contribution in [0.2, 0.25) is 0 Å². The zero-order valence-corrected chi connectivity index (χ0v) is 6.65. The van der Waals surface area contributed by atoms with Gasteiger partial charge in [0.2, 0.25) is 0 Å². The summed E-state index contributed by atoms with van der Waals surface area (Å²) in [5.41, 5.74) is 2.44. The highest BCUT2D eigenvalue weighted by atomic mass is 14.9. The molecule has 0 spiro atoms. The van der Waals surface area contributed by atoms with Crippen molar-refractivity contribution in [1.29, 1.82) is 0 Å². The Kier molecular flexibility index (Phi) is 2.49. The van der Waals surface area contributed by atoms with Gasteiger partial charge < -0.3 is 4.98 Å². The Morgan fingerprint density at radius 3 is 2.90 bits per heavy atom. The van der Waals surface area contributed by atoms with Crippen molar-refractivity contribution < 1.29 is 0 Å². The average Bonchev–Trinajstić information content (AvgIpc) is 2.31. The van der Waals surface area contributed by atoms with E-state index in [-0.39, 0.29) is 0 Å². The molecule has 0 saturated carbocycles. The lowest BCUT2D eigenvalue weighted by Crippen LogP contribution is -1.87. The standard InChI is InChI=1S/C8H14N2/c1-3-4-5-8-7(2)9-6-10-8/h6H,3-5H2,1-2H3,(H,9,10). The van der Waals surface area contributed by atoms with Crippen molar-refractivity contribution in [3.63, 3.8) is 0 Å². The van der Waals surface area contributed by atoms with Gasteiger partial charge in [-0.05, 0) is 19.8 Å². The van der Waals surface area contributed by atoms with E-state index in [2.05, 4.69) is 16.9 Å². The van der Waals surface area contributed by atoms with Crippen LogP contribution in [0.25, 0.3) is 0 Å². The molecule has 1 aromatic rings. The molecule has 10 heavy (non-hydrogen) atoms. The van der Waals surface area contributed by atoms with Crippen LogP contribution >= 0.6 is 0 Å². The summed E-state index contributed by atoms with van der Waals surface area (Å²) >= 11 is 0. The topological polar surface area (TPSA) is 28.7 Å². The Labute approximate surface area is 61.7 Å². The third kappa shape index (κ3) is 1.59. The van der Waals surface area contributed by atoms with Crippen LogP contribution < -0.4 is 0 Å². The van der Waals surface area contributed by atoms with Crippen molar-refractivity contribution in [3.05, 3.63) is 17.7 Å². The lowest BCUT2D eigenvalue weighted by molar-refractivity contribution is 0.776. The Hall–Kier alpha value is -0.790. The smallest absolute Gasteiger partial charge is 0.0925 e. The van der Waals surface area contributed by atoms with Crippen LogP contribution in [0.1, 0.15) is 31.2 Å². The first-order chi connectivity index (χ1) is 4.84. The van der Waals surface area contributed by atoms with Gasteiger partial charge in [0.1, 0.15) is 0 Å². The molecule has 0 aromatic carbocycles. The minimum atomic E-state index is 1.14. The minimum Gasteiger partial charge on any atom is -0.348 e. The molecule has 2 nitrogen and oxygen atoms in total. The van der Waals surface area contributed by atoms with Crippen LogP contribution in [0.3, 0.4) is 0 Å². The van der Waals surface area contributed by atoms with Crippen LogP contribution in [-0.2, 0) is 6.42 Å². The molecular weight excluding hydrogens is 124 g/mol.